The predicted octanol–water partition coefficient (Wildman–Crippen LogP) is 15.8. The van der Waals surface area contributed by atoms with Gasteiger partial charge in [-0.25, -0.2) is 39.9 Å². The second kappa shape index (κ2) is 32.9. The Kier molecular flexibility index (Phi) is 12.5. The third-order valence-electron chi connectivity index (χ3n) is 14.8. The fourth-order valence-corrected chi connectivity index (χ4v) is 9.69. The molecule has 0 saturated carbocycles. The molecule has 9 heterocycles. The summed E-state index contributed by atoms with van der Waals surface area (Å²) in [5, 5.41) is 7.63. The lowest BCUT2D eigenvalue weighted by Crippen LogP contribution is -2.14. The third kappa shape index (κ3) is 18.5. The molecule has 15 aromatic rings. The monoisotopic (exact) mass is 1460 g/mol. The number of aromatic amines is 3. The number of aryl methyl sites for hydroxylation is 6. The van der Waals surface area contributed by atoms with Crippen LogP contribution in [0.4, 0.5) is 34.1 Å². The highest BCUT2D eigenvalue weighted by atomic mass is 16.2. The number of carbonyl (C=O) groups excluding carboxylic acids is 3. The van der Waals surface area contributed by atoms with Crippen LogP contribution in [0.1, 0.15) is 128 Å². The molecule has 6 aromatic carbocycles. The van der Waals surface area contributed by atoms with Gasteiger partial charge in [-0.15, -0.1) is 0 Å². The second-order valence-electron chi connectivity index (χ2n) is 23.1. The Hall–Kier alpha value is -14.5. The number of hydrogen-bond acceptors (Lipinski definition) is 14. The van der Waals surface area contributed by atoms with Gasteiger partial charge in [0, 0.05) is 152 Å². The van der Waals surface area contributed by atoms with E-state index in [1.165, 1.54) is 75.0 Å². The summed E-state index contributed by atoms with van der Waals surface area (Å²) in [6.45, 7) is 9.94. The molecular formula is C85H76N20O3. The topological polar surface area (TPSA) is 290 Å². The lowest BCUT2D eigenvalue weighted by Gasteiger charge is -2.11. The zero-order valence-corrected chi connectivity index (χ0v) is 57.9. The molecule has 108 heavy (non-hydrogen) atoms. The van der Waals surface area contributed by atoms with E-state index in [-0.39, 0.29) is 208 Å². The van der Waals surface area contributed by atoms with E-state index in [4.69, 9.17) is 46.6 Å². The van der Waals surface area contributed by atoms with Gasteiger partial charge in [-0.05, 0) is 252 Å². The maximum absolute atomic E-state index is 13.5. The number of nitrogens with zero attached hydrogens (tertiary/aromatic N) is 14. The Labute approximate surface area is 670 Å². The van der Waals surface area contributed by atoms with Gasteiger partial charge < -0.3 is 44.6 Å². The van der Waals surface area contributed by atoms with Crippen molar-refractivity contribution in [1.29, 1.82) is 0 Å². The van der Waals surface area contributed by atoms with Crippen molar-refractivity contribution in [2.24, 2.45) is 15.0 Å². The van der Waals surface area contributed by atoms with Gasteiger partial charge in [0.05, 0.1) is 99.3 Å². The average molecular weight is 1460 g/mol. The number of rotatable bonds is 15. The number of hydrogen-bond donors (Lipinski definition) is 6. The van der Waals surface area contributed by atoms with Gasteiger partial charge in [0.1, 0.15) is 1.37 Å². The van der Waals surface area contributed by atoms with E-state index in [1.54, 1.807) is 46.0 Å². The zero-order valence-electron chi connectivity index (χ0n) is 91.9. The Bertz CT molecular complexity index is 7800. The minimum atomic E-state index is -2.74. The Morgan fingerprint density at radius 3 is 1.20 bits per heavy atom. The van der Waals surface area contributed by atoms with Crippen LogP contribution in [0.3, 0.4) is 0 Å². The molecule has 6 N–H and O–H groups in total. The number of H-pyrrole nitrogens is 3. The minimum absolute atomic E-state index is 0.0440. The number of nitrogens with one attached hydrogen (secondary N) is 6. The van der Waals surface area contributed by atoms with Crippen LogP contribution in [0.2, 0.25) is 0 Å². The number of carbonyl (C=O) groups is 3. The van der Waals surface area contributed by atoms with Gasteiger partial charge >= 0.3 is 0 Å². The summed E-state index contributed by atoms with van der Waals surface area (Å²) in [5.41, 5.74) is -0.804. The smallest absolute Gasteiger partial charge is 0.255 e. The van der Waals surface area contributed by atoms with E-state index in [0.29, 0.717) is 22.4 Å². The molecule has 0 aliphatic carbocycles. The van der Waals surface area contributed by atoms with E-state index < -0.39 is 152 Å². The maximum Gasteiger partial charge on any atom is 0.255 e. The van der Waals surface area contributed by atoms with Gasteiger partial charge in [0.2, 0.25) is 16.9 Å². The van der Waals surface area contributed by atoms with Crippen molar-refractivity contribution in [3.63, 3.8) is 0 Å². The van der Waals surface area contributed by atoms with Crippen LogP contribution in [0.15, 0.2) is 277 Å². The molecule has 3 amide bonds. The van der Waals surface area contributed by atoms with Crippen LogP contribution in [-0.2, 0) is 0 Å². The van der Waals surface area contributed by atoms with Crippen LogP contribution >= 0.6 is 0 Å². The summed E-state index contributed by atoms with van der Waals surface area (Å²) in [4.78, 5) is 92.2. The van der Waals surface area contributed by atoms with Crippen LogP contribution in [0, 0.1) is 62.2 Å². The predicted molar refractivity (Wildman–Crippen MR) is 420 cm³/mol. The number of amides is 3. The lowest BCUT2D eigenvalue weighted by atomic mass is 10.1. The highest BCUT2D eigenvalue weighted by Gasteiger charge is 2.16. The van der Waals surface area contributed by atoms with E-state index in [1.807, 2.05) is 0 Å². The van der Waals surface area contributed by atoms with Crippen molar-refractivity contribution < 1.29 is 61.0 Å². The van der Waals surface area contributed by atoms with Gasteiger partial charge in [-0.2, -0.15) is 0 Å². The van der Waals surface area contributed by atoms with Crippen molar-refractivity contribution >= 4 is 51.8 Å². The van der Waals surface area contributed by atoms with Crippen molar-refractivity contribution in [1.82, 2.24) is 68.5 Å². The van der Waals surface area contributed by atoms with Gasteiger partial charge in [-0.1, -0.05) is 18.2 Å². The molecule has 15 rings (SSSR count). The summed E-state index contributed by atoms with van der Waals surface area (Å²) in [6, 6.07) is 6.22. The molecule has 23 heteroatoms. The zero-order chi connectivity index (χ0) is 105. The largest absolute Gasteiger partial charge is 0.324 e. The standard InChI is InChI=1S/C29H26N6O.2C28H25N7O/c1-19-9-12-35(18-19)25-14-20(2)13-24(16-25)32-28(36)22-7-6-21(3)27(15-22)34-29-31-11-8-26(33-29)23-5-4-10-30-17-23;2*1-18-11-23(14-24(12-18)35-16-20(3)31-17-35)32-27(36)21-7-6-19(2)26(13-21)34-28-30-10-8-25(33-28)22-5-4-9-29-15-22/h4-18H,1-3H3,(H,32,36)(H,31,33,34);2*4-17H,1-3H3,(H,32,36)(H,30,33,34)/i4D,5D,8D,10D,11D,12D,13D,14D,16D,17D,18D;4D,5D,8D,9D,10D,11D,12D,14D,15D,16D,17D;2D3,4D,5D,8D,9D,10D,11D,12D,14D,15D. The molecule has 0 radical (unpaired) electrons. The highest BCUT2D eigenvalue weighted by Crippen LogP contribution is 2.28. The molecule has 0 aliphatic heterocycles. The normalized spacial score (nSPS) is 16.0. The molecule has 0 saturated heterocycles. The number of imidazole rings is 2. The summed E-state index contributed by atoms with van der Waals surface area (Å²) in [6.07, 6.45) is -3.08. The van der Waals surface area contributed by atoms with E-state index in [2.05, 4.69) is 85.8 Å². The molecule has 0 atom stereocenters. The number of anilines is 3. The van der Waals surface area contributed by atoms with Crippen molar-refractivity contribution in [3.05, 3.63) is 346 Å². The lowest BCUT2D eigenvalue weighted by molar-refractivity contribution is 0.101. The molecule has 0 aliphatic rings. The Morgan fingerprint density at radius 1 is 0.417 bits per heavy atom. The SMILES string of the molecule is [2H]c1nc(=Nc2cc(C(=O)Nc3c([2H])c(C)c([2H])c(-n4c([2H])cc(C)c4[2H])c3[2H])ccc2C)[nH]c(-c2c([2H])nc([2H])c([2H])c2[2H])c1[2H].[2H]c1nc(=Nc2cc(C(=O)Nc3c([2H])c(C)c([2H])c(-n4c([2H])nc(C)c4[2H])c3[2H])ccc2C)[nH]c(-c2c([2H])nc([2H])c([2H])c2[2H])c1[2H].[2H]c1nc(=Nc2cc(C(=O)Nc3c([2H])c(C)c([2H])c(-n4cnc(C)c4)c3[2H])ccc2C([2H])([2H])[2H])[nH]c(-c2c([2H])nc([2H])c([2H])c2[2H])c1[2H]. The van der Waals surface area contributed by atoms with E-state index >= 15 is 0 Å². The molecule has 23 nitrogen and oxygen atoms in total. The second-order valence-corrected chi connectivity index (χ2v) is 23.1. The first-order chi connectivity index (χ1) is 66.4. The summed E-state index contributed by atoms with van der Waals surface area (Å²) in [5.74, 6) is -2.30. The Balaban J connectivity index is 0.000000179. The van der Waals surface area contributed by atoms with Crippen molar-refractivity contribution in [2.75, 3.05) is 16.0 Å². The van der Waals surface area contributed by atoms with E-state index in [9.17, 15) is 14.4 Å². The first-order valence-corrected chi connectivity index (χ1v) is 32.0. The van der Waals surface area contributed by atoms with Gasteiger partial charge in [-0.3, -0.25) is 29.3 Å². The van der Waals surface area contributed by atoms with Crippen molar-refractivity contribution in [2.45, 2.75) is 62.2 Å². The molecule has 0 fully saturated rings. The van der Waals surface area contributed by atoms with Gasteiger partial charge in [0.15, 0.2) is 0 Å². The Morgan fingerprint density at radius 2 is 0.824 bits per heavy atom. The first-order valence-electron chi connectivity index (χ1n) is 49.0. The fourth-order valence-electron chi connectivity index (χ4n) is 9.69. The highest BCUT2D eigenvalue weighted by molar-refractivity contribution is 6.06. The molecule has 0 spiro atoms. The average Bonchev–Trinajstić information content (AvgIpc) is 1.59. The van der Waals surface area contributed by atoms with Crippen LogP contribution in [0.5, 0.6) is 0 Å². The fraction of sp³-hybridized carbons (Fsp3) is 0.106. The quantitative estimate of drug-likeness (QED) is 0.0561. The summed E-state index contributed by atoms with van der Waals surface area (Å²) >= 11 is 0. The number of benzene rings is 6. The molecular weight excluding hydrogens is 1350 g/mol. The molecule has 0 unspecified atom stereocenters. The molecule has 0 bridgehead atoms. The molecule has 9 aromatic heterocycles. The first kappa shape index (κ1) is 41.1. The van der Waals surface area contributed by atoms with E-state index in [0.717, 1.165) is 21.3 Å². The maximum atomic E-state index is 13.5. The molecule has 534 valence electrons. The number of pyridine rings is 3. The summed E-state index contributed by atoms with van der Waals surface area (Å²) in [7, 11) is 0. The van der Waals surface area contributed by atoms with Crippen LogP contribution in [-0.4, -0.2) is 86.2 Å². The third-order valence-corrected chi connectivity index (χ3v) is 14.8. The summed E-state index contributed by atoms with van der Waals surface area (Å²) < 4.78 is 283. The van der Waals surface area contributed by atoms with Crippen molar-refractivity contribution in [3.8, 4) is 50.8 Å². The number of aromatic nitrogens is 14. The van der Waals surface area contributed by atoms with Gasteiger partial charge in [0.25, 0.3) is 17.7 Å². The minimum Gasteiger partial charge on any atom is -0.324 e. The van der Waals surface area contributed by atoms with Crippen LogP contribution < -0.4 is 32.8 Å². The van der Waals surface area contributed by atoms with Crippen LogP contribution in [0.25, 0.3) is 50.8 Å².